The third-order valence-corrected chi connectivity index (χ3v) is 8.10. The van der Waals surface area contributed by atoms with Gasteiger partial charge >= 0.3 is 5.91 Å². The molecule has 4 fully saturated rings. The Labute approximate surface area is 194 Å². The van der Waals surface area contributed by atoms with Crippen LogP contribution in [0.15, 0.2) is 28.7 Å². The third kappa shape index (κ3) is 3.91. The monoisotopic (exact) mass is 451 g/mol. The summed E-state index contributed by atoms with van der Waals surface area (Å²) in [6.45, 7) is 5.61. The van der Waals surface area contributed by atoms with Gasteiger partial charge in [0.15, 0.2) is 5.76 Å². The first-order valence-electron chi connectivity index (χ1n) is 12.1. The second-order valence-electron chi connectivity index (χ2n) is 10.9. The molecule has 7 nitrogen and oxygen atoms in total. The van der Waals surface area contributed by atoms with Crippen LogP contribution in [0.4, 0.5) is 0 Å². The predicted octanol–water partition coefficient (Wildman–Crippen LogP) is 3.86. The summed E-state index contributed by atoms with van der Waals surface area (Å²) < 4.78 is 5.67. The number of hydrogen-bond acceptors (Lipinski definition) is 4. The Morgan fingerprint density at radius 1 is 0.970 bits per heavy atom. The molecule has 0 saturated heterocycles. The van der Waals surface area contributed by atoms with E-state index in [4.69, 9.17) is 4.42 Å². The van der Waals surface area contributed by atoms with Crippen molar-refractivity contribution in [1.82, 2.24) is 16.2 Å². The minimum absolute atomic E-state index is 0.00917. The number of para-hydroxylation sites is 1. The number of benzene rings is 1. The molecule has 4 aliphatic carbocycles. The van der Waals surface area contributed by atoms with E-state index >= 15 is 0 Å². The molecule has 6 rings (SSSR count). The Hall–Kier alpha value is -2.83. The van der Waals surface area contributed by atoms with Gasteiger partial charge in [0.05, 0.1) is 0 Å². The molecule has 3 amide bonds. The van der Waals surface area contributed by atoms with Crippen LogP contribution in [0.5, 0.6) is 0 Å². The first-order chi connectivity index (χ1) is 15.8. The van der Waals surface area contributed by atoms with Crippen LogP contribution in [-0.4, -0.2) is 23.8 Å². The quantitative estimate of drug-likeness (QED) is 0.601. The molecule has 1 heterocycles. The van der Waals surface area contributed by atoms with Gasteiger partial charge in [-0.2, -0.15) is 0 Å². The van der Waals surface area contributed by atoms with Gasteiger partial charge in [-0.25, -0.2) is 0 Å². The van der Waals surface area contributed by atoms with Crippen molar-refractivity contribution in [2.24, 2.45) is 29.1 Å². The maximum absolute atomic E-state index is 13.4. The fourth-order valence-electron chi connectivity index (χ4n) is 6.86. The van der Waals surface area contributed by atoms with Gasteiger partial charge in [-0.1, -0.05) is 32.0 Å². The molecule has 4 saturated carbocycles. The van der Waals surface area contributed by atoms with Crippen LogP contribution in [0.2, 0.25) is 0 Å². The molecule has 3 N–H and O–H groups in total. The molecule has 1 aromatic carbocycles. The summed E-state index contributed by atoms with van der Waals surface area (Å²) in [5, 5.41) is 3.90. The molecule has 1 aromatic heterocycles. The highest BCUT2D eigenvalue weighted by Crippen LogP contribution is 2.60. The Kier molecular flexibility index (Phi) is 5.46. The third-order valence-electron chi connectivity index (χ3n) is 8.10. The molecular formula is C26H33N3O4. The lowest BCUT2D eigenvalue weighted by Crippen LogP contribution is -2.59. The lowest BCUT2D eigenvalue weighted by molar-refractivity contribution is -0.149. The van der Waals surface area contributed by atoms with Gasteiger partial charge in [0.2, 0.25) is 5.91 Å². The maximum atomic E-state index is 13.4. The molecule has 7 heteroatoms. The smallest absolute Gasteiger partial charge is 0.305 e. The molecule has 1 unspecified atom stereocenters. The Morgan fingerprint density at radius 2 is 1.58 bits per heavy atom. The van der Waals surface area contributed by atoms with E-state index in [9.17, 15) is 14.4 Å². The van der Waals surface area contributed by atoms with Crippen LogP contribution in [0.1, 0.15) is 68.5 Å². The molecule has 0 radical (unpaired) electrons. The van der Waals surface area contributed by atoms with E-state index in [1.54, 1.807) is 6.07 Å². The minimum Gasteiger partial charge on any atom is -0.451 e. The summed E-state index contributed by atoms with van der Waals surface area (Å²) in [5.74, 6) is 1.06. The van der Waals surface area contributed by atoms with Crippen LogP contribution < -0.4 is 16.2 Å². The number of amides is 3. The van der Waals surface area contributed by atoms with E-state index < -0.39 is 17.9 Å². The molecule has 33 heavy (non-hydrogen) atoms. The van der Waals surface area contributed by atoms with E-state index in [0.717, 1.165) is 24.6 Å². The number of nitrogens with one attached hydrogen (secondary N) is 3. The highest BCUT2D eigenvalue weighted by molar-refractivity contribution is 6.00. The molecule has 4 bridgehead atoms. The maximum Gasteiger partial charge on any atom is 0.305 e. The number of furan rings is 1. The van der Waals surface area contributed by atoms with Crippen molar-refractivity contribution in [2.45, 2.75) is 65.3 Å². The summed E-state index contributed by atoms with van der Waals surface area (Å²) in [6, 6.07) is 6.69. The predicted molar refractivity (Wildman–Crippen MR) is 124 cm³/mol. The van der Waals surface area contributed by atoms with E-state index in [-0.39, 0.29) is 23.0 Å². The standard InChI is InChI=1S/C26H33N3O4/c1-14(2)21(27-25(32)26-11-16-8-17(12-26)10-18(9-16)13-26)23(30)28-29-24(31)22-15(3)19-6-4-5-7-20(19)33-22/h4-7,14,16-18,21H,8-13H2,1-3H3,(H,27,32)(H,28,30)(H,29,31). The zero-order valence-electron chi connectivity index (χ0n) is 19.6. The van der Waals surface area contributed by atoms with Crippen LogP contribution in [-0.2, 0) is 9.59 Å². The van der Waals surface area contributed by atoms with Gasteiger partial charge < -0.3 is 9.73 Å². The SMILES string of the molecule is Cc1c(C(=O)NNC(=O)C(NC(=O)C23CC4CC(CC(C4)C2)C3)C(C)C)oc2ccccc12. The van der Waals surface area contributed by atoms with Crippen molar-refractivity contribution in [1.29, 1.82) is 0 Å². The Balaban J connectivity index is 1.24. The van der Waals surface area contributed by atoms with Crippen LogP contribution in [0.3, 0.4) is 0 Å². The molecule has 0 aliphatic heterocycles. The van der Waals surface area contributed by atoms with E-state index in [1.807, 2.05) is 39.0 Å². The lowest BCUT2D eigenvalue weighted by atomic mass is 9.49. The number of rotatable bonds is 5. The molecule has 0 spiro atoms. The average molecular weight is 452 g/mol. The second-order valence-corrected chi connectivity index (χ2v) is 10.9. The number of hydrazine groups is 1. The molecule has 2 aromatic rings. The van der Waals surface area contributed by atoms with Gasteiger partial charge in [-0.05, 0) is 75.2 Å². The first kappa shape index (κ1) is 22.0. The number of aryl methyl sites for hydroxylation is 1. The molecule has 4 aliphatic rings. The Morgan fingerprint density at radius 3 is 2.15 bits per heavy atom. The lowest BCUT2D eigenvalue weighted by Gasteiger charge is -2.55. The zero-order valence-corrected chi connectivity index (χ0v) is 19.6. The van der Waals surface area contributed by atoms with Crippen LogP contribution in [0, 0.1) is 36.0 Å². The van der Waals surface area contributed by atoms with Crippen molar-refractivity contribution in [2.75, 3.05) is 0 Å². The van der Waals surface area contributed by atoms with E-state index in [1.165, 1.54) is 19.3 Å². The van der Waals surface area contributed by atoms with Gasteiger partial charge in [-0.15, -0.1) is 0 Å². The second kappa shape index (κ2) is 8.19. The van der Waals surface area contributed by atoms with Crippen molar-refractivity contribution >= 4 is 28.7 Å². The number of fused-ring (bicyclic) bond motifs is 1. The average Bonchev–Trinajstić information content (AvgIpc) is 3.11. The number of hydrogen-bond donors (Lipinski definition) is 3. The van der Waals surface area contributed by atoms with Crippen molar-refractivity contribution < 1.29 is 18.8 Å². The summed E-state index contributed by atoms with van der Waals surface area (Å²) in [4.78, 5) is 39.1. The number of carbonyl (C=O) groups is 3. The fraction of sp³-hybridized carbons (Fsp3) is 0.577. The molecule has 1 atom stereocenters. The van der Waals surface area contributed by atoms with Crippen LogP contribution in [0.25, 0.3) is 11.0 Å². The molecule has 176 valence electrons. The van der Waals surface area contributed by atoms with E-state index in [2.05, 4.69) is 16.2 Å². The van der Waals surface area contributed by atoms with E-state index in [0.29, 0.717) is 28.9 Å². The van der Waals surface area contributed by atoms with Crippen molar-refractivity contribution in [3.63, 3.8) is 0 Å². The normalized spacial score (nSPS) is 28.7. The summed E-state index contributed by atoms with van der Waals surface area (Å²) in [7, 11) is 0. The van der Waals surface area contributed by atoms with Gasteiger partial charge in [0, 0.05) is 16.4 Å². The van der Waals surface area contributed by atoms with Gasteiger partial charge in [0.1, 0.15) is 11.6 Å². The first-order valence-corrected chi connectivity index (χ1v) is 12.1. The van der Waals surface area contributed by atoms with Crippen LogP contribution >= 0.6 is 0 Å². The zero-order chi connectivity index (χ0) is 23.3. The summed E-state index contributed by atoms with van der Waals surface area (Å²) in [5.41, 5.74) is 5.97. The largest absolute Gasteiger partial charge is 0.451 e. The number of carbonyl (C=O) groups excluding carboxylic acids is 3. The minimum atomic E-state index is -0.720. The van der Waals surface area contributed by atoms with Crippen molar-refractivity contribution in [3.05, 3.63) is 35.6 Å². The van der Waals surface area contributed by atoms with Gasteiger partial charge in [0.25, 0.3) is 5.91 Å². The van der Waals surface area contributed by atoms with Gasteiger partial charge in [-0.3, -0.25) is 25.2 Å². The van der Waals surface area contributed by atoms with Crippen molar-refractivity contribution in [3.8, 4) is 0 Å². The highest BCUT2D eigenvalue weighted by Gasteiger charge is 2.55. The summed E-state index contributed by atoms with van der Waals surface area (Å²) >= 11 is 0. The Bertz CT molecular complexity index is 1070. The molecular weight excluding hydrogens is 418 g/mol. The topological polar surface area (TPSA) is 100 Å². The fourth-order valence-corrected chi connectivity index (χ4v) is 6.86. The summed E-state index contributed by atoms with van der Waals surface area (Å²) in [6.07, 6.45) is 6.60. The highest BCUT2D eigenvalue weighted by atomic mass is 16.3.